The maximum Gasteiger partial charge on any atom is 0.252 e. The quantitative estimate of drug-likeness (QED) is 0.727. The number of fused-ring (bicyclic) bond motifs is 1. The van der Waals surface area contributed by atoms with Gasteiger partial charge in [0.25, 0.3) is 5.91 Å². The number of amides is 2. The zero-order valence-corrected chi connectivity index (χ0v) is 17.4. The average molecular weight is 392 g/mol. The summed E-state index contributed by atoms with van der Waals surface area (Å²) in [4.78, 5) is 32.7. The first kappa shape index (κ1) is 20.8. The number of hydrogen-bond donors (Lipinski definition) is 1. The Morgan fingerprint density at radius 2 is 1.79 bits per heavy atom. The summed E-state index contributed by atoms with van der Waals surface area (Å²) in [5.74, 6) is -0.264. The highest BCUT2D eigenvalue weighted by Crippen LogP contribution is 2.30. The summed E-state index contributed by atoms with van der Waals surface area (Å²) in [5.41, 5.74) is 3.35. The van der Waals surface area contributed by atoms with Crippen molar-refractivity contribution in [3.8, 4) is 0 Å². The van der Waals surface area contributed by atoms with Crippen LogP contribution in [0.3, 0.4) is 0 Å². The van der Waals surface area contributed by atoms with Crippen LogP contribution in [0, 0.1) is 0 Å². The fourth-order valence-electron chi connectivity index (χ4n) is 3.66. The largest absolute Gasteiger partial charge is 0.354 e. The predicted molar refractivity (Wildman–Crippen MR) is 117 cm³/mol. The molecule has 0 saturated heterocycles. The average Bonchev–Trinajstić information content (AvgIpc) is 2.85. The first-order valence-electron chi connectivity index (χ1n) is 10.4. The Morgan fingerprint density at radius 3 is 2.48 bits per heavy atom. The molecule has 5 heteroatoms. The lowest BCUT2D eigenvalue weighted by atomic mass is 9.99. The van der Waals surface area contributed by atoms with Crippen LogP contribution in [0.25, 0.3) is 0 Å². The van der Waals surface area contributed by atoms with Crippen molar-refractivity contribution < 1.29 is 9.59 Å². The van der Waals surface area contributed by atoms with Gasteiger partial charge < -0.3 is 5.32 Å². The number of benzodiazepines with no additional fused rings is 1. The number of nitrogens with zero attached hydrogens (tertiary/aromatic N) is 2. The number of para-hydroxylation sites is 1. The molecule has 29 heavy (non-hydrogen) atoms. The minimum absolute atomic E-state index is 0.112. The molecule has 2 unspecified atom stereocenters. The number of hydrogen-bond acceptors (Lipinski definition) is 3. The number of rotatable bonds is 7. The van der Waals surface area contributed by atoms with Gasteiger partial charge in [0.05, 0.1) is 11.4 Å². The van der Waals surface area contributed by atoms with Crippen molar-refractivity contribution in [1.29, 1.82) is 0 Å². The third-order valence-corrected chi connectivity index (χ3v) is 5.21. The van der Waals surface area contributed by atoms with Gasteiger partial charge in [-0.1, -0.05) is 68.8 Å². The van der Waals surface area contributed by atoms with Crippen LogP contribution in [0.4, 0.5) is 5.69 Å². The van der Waals surface area contributed by atoms with Crippen molar-refractivity contribution in [3.05, 3.63) is 65.7 Å². The SMILES string of the molecule is CCCCNC(=O)C(CC)N1C(=O)C(C)N=C(c2ccccc2)c2ccccc21. The van der Waals surface area contributed by atoms with Gasteiger partial charge in [-0.05, 0) is 25.8 Å². The van der Waals surface area contributed by atoms with Gasteiger partial charge in [-0.2, -0.15) is 0 Å². The molecule has 0 aliphatic carbocycles. The van der Waals surface area contributed by atoms with Crippen LogP contribution in [0.15, 0.2) is 59.6 Å². The summed E-state index contributed by atoms with van der Waals surface area (Å²) < 4.78 is 0. The van der Waals surface area contributed by atoms with E-state index in [4.69, 9.17) is 4.99 Å². The lowest BCUT2D eigenvalue weighted by molar-refractivity contribution is -0.126. The van der Waals surface area contributed by atoms with Crippen molar-refractivity contribution in [1.82, 2.24) is 5.32 Å². The van der Waals surface area contributed by atoms with Crippen molar-refractivity contribution in [2.24, 2.45) is 4.99 Å². The van der Waals surface area contributed by atoms with Crippen LogP contribution in [0.2, 0.25) is 0 Å². The standard InChI is InChI=1S/C24H29N3O2/c1-4-6-16-25-23(28)20(5-2)27-21-15-11-10-14-19(21)22(26-17(3)24(27)29)18-12-8-7-9-13-18/h7-15,17,20H,4-6,16H2,1-3H3,(H,25,28). The number of carbonyl (C=O) groups is 2. The highest BCUT2D eigenvalue weighted by atomic mass is 16.2. The lowest BCUT2D eigenvalue weighted by Crippen LogP contribution is -2.52. The number of nitrogens with one attached hydrogen (secondary N) is 1. The smallest absolute Gasteiger partial charge is 0.252 e. The fraction of sp³-hybridized carbons (Fsp3) is 0.375. The van der Waals surface area contributed by atoms with Gasteiger partial charge in [-0.3, -0.25) is 19.5 Å². The first-order valence-corrected chi connectivity index (χ1v) is 10.4. The molecule has 1 aliphatic rings. The van der Waals surface area contributed by atoms with Crippen molar-refractivity contribution >= 4 is 23.2 Å². The van der Waals surface area contributed by atoms with E-state index in [9.17, 15) is 9.59 Å². The van der Waals surface area contributed by atoms with Crippen molar-refractivity contribution in [2.75, 3.05) is 11.4 Å². The number of unbranched alkanes of at least 4 members (excludes halogenated alkanes) is 1. The van der Waals surface area contributed by atoms with Crippen LogP contribution in [0.5, 0.6) is 0 Å². The Hall–Kier alpha value is -2.95. The Labute approximate surface area is 172 Å². The maximum atomic E-state index is 13.4. The number of anilines is 1. The predicted octanol–water partition coefficient (Wildman–Crippen LogP) is 3.95. The maximum absolute atomic E-state index is 13.4. The molecular weight excluding hydrogens is 362 g/mol. The summed E-state index contributed by atoms with van der Waals surface area (Å²) in [6.07, 6.45) is 2.46. The first-order chi connectivity index (χ1) is 14.1. The second-order valence-corrected chi connectivity index (χ2v) is 7.31. The van der Waals surface area contributed by atoms with E-state index in [1.165, 1.54) is 0 Å². The number of aliphatic imine (C=N–C) groups is 1. The van der Waals surface area contributed by atoms with Gasteiger partial charge >= 0.3 is 0 Å². The molecule has 1 heterocycles. The Kier molecular flexibility index (Phi) is 6.81. The van der Waals surface area contributed by atoms with E-state index >= 15 is 0 Å². The molecule has 0 bridgehead atoms. The molecule has 2 amide bonds. The zero-order chi connectivity index (χ0) is 20.8. The number of benzene rings is 2. The molecule has 2 aromatic rings. The summed E-state index contributed by atoms with van der Waals surface area (Å²) in [6, 6.07) is 16.5. The van der Waals surface area contributed by atoms with Gasteiger partial charge in [0.15, 0.2) is 0 Å². The van der Waals surface area contributed by atoms with E-state index in [0.717, 1.165) is 35.4 Å². The van der Waals surface area contributed by atoms with Crippen molar-refractivity contribution in [3.63, 3.8) is 0 Å². The van der Waals surface area contributed by atoms with E-state index in [1.807, 2.05) is 61.5 Å². The second kappa shape index (κ2) is 9.50. The molecule has 5 nitrogen and oxygen atoms in total. The van der Waals surface area contributed by atoms with Gasteiger partial charge in [0, 0.05) is 17.7 Å². The molecule has 1 aliphatic heterocycles. The van der Waals surface area contributed by atoms with Gasteiger partial charge in [0.2, 0.25) is 5.91 Å². The van der Waals surface area contributed by atoms with E-state index in [-0.39, 0.29) is 11.8 Å². The van der Waals surface area contributed by atoms with Crippen LogP contribution in [-0.4, -0.2) is 36.2 Å². The highest BCUT2D eigenvalue weighted by molar-refractivity contribution is 6.20. The Morgan fingerprint density at radius 1 is 1.10 bits per heavy atom. The third kappa shape index (κ3) is 4.39. The summed E-state index contributed by atoms with van der Waals surface area (Å²) in [5, 5.41) is 2.99. The van der Waals surface area contributed by atoms with E-state index in [0.29, 0.717) is 13.0 Å². The molecular formula is C24H29N3O2. The topological polar surface area (TPSA) is 61.8 Å². The minimum atomic E-state index is -0.574. The normalized spacial score (nSPS) is 17.2. The minimum Gasteiger partial charge on any atom is -0.354 e. The fourth-order valence-corrected chi connectivity index (χ4v) is 3.66. The number of carbonyl (C=O) groups excluding carboxylic acids is 2. The summed E-state index contributed by atoms with van der Waals surface area (Å²) in [6.45, 7) is 6.44. The Bertz CT molecular complexity index is 892. The molecule has 0 saturated carbocycles. The molecule has 152 valence electrons. The van der Waals surface area contributed by atoms with Crippen LogP contribution < -0.4 is 10.2 Å². The molecule has 0 aromatic heterocycles. The second-order valence-electron chi connectivity index (χ2n) is 7.31. The van der Waals surface area contributed by atoms with E-state index in [2.05, 4.69) is 12.2 Å². The lowest BCUT2D eigenvalue weighted by Gasteiger charge is -2.31. The molecule has 3 rings (SSSR count). The van der Waals surface area contributed by atoms with Gasteiger partial charge in [0.1, 0.15) is 12.1 Å². The van der Waals surface area contributed by atoms with Crippen molar-refractivity contribution in [2.45, 2.75) is 52.1 Å². The summed E-state index contributed by atoms with van der Waals surface area (Å²) >= 11 is 0. The molecule has 0 spiro atoms. The highest BCUT2D eigenvalue weighted by Gasteiger charge is 2.36. The van der Waals surface area contributed by atoms with Gasteiger partial charge in [-0.25, -0.2) is 0 Å². The molecule has 2 aromatic carbocycles. The zero-order valence-electron chi connectivity index (χ0n) is 17.4. The molecule has 1 N–H and O–H groups in total. The molecule has 0 fully saturated rings. The van der Waals surface area contributed by atoms with Gasteiger partial charge in [-0.15, -0.1) is 0 Å². The third-order valence-electron chi connectivity index (χ3n) is 5.21. The van der Waals surface area contributed by atoms with E-state index < -0.39 is 12.1 Å². The molecule has 0 radical (unpaired) electrons. The molecule has 2 atom stereocenters. The summed E-state index contributed by atoms with van der Waals surface area (Å²) in [7, 11) is 0. The van der Waals surface area contributed by atoms with Crippen LogP contribution in [0.1, 0.15) is 51.2 Å². The van der Waals surface area contributed by atoms with Crippen LogP contribution in [-0.2, 0) is 9.59 Å². The van der Waals surface area contributed by atoms with E-state index in [1.54, 1.807) is 11.8 Å². The Balaban J connectivity index is 2.06. The van der Waals surface area contributed by atoms with Crippen LogP contribution >= 0.6 is 0 Å². The monoisotopic (exact) mass is 391 g/mol.